The molecular formula is C21H23N5O2. The zero-order valence-corrected chi connectivity index (χ0v) is 16.5. The third-order valence-corrected chi connectivity index (χ3v) is 4.98. The fourth-order valence-electron chi connectivity index (χ4n) is 3.68. The van der Waals surface area contributed by atoms with Crippen LogP contribution in [0.2, 0.25) is 0 Å². The highest BCUT2D eigenvalue weighted by atomic mass is 16.2. The van der Waals surface area contributed by atoms with Gasteiger partial charge in [-0.3, -0.25) is 18.3 Å². The smallest absolute Gasteiger partial charge is 0.312 e. The largest absolute Gasteiger partial charge is 0.332 e. The lowest BCUT2D eigenvalue weighted by molar-refractivity contribution is 0.601. The van der Waals surface area contributed by atoms with Crippen molar-refractivity contribution in [1.29, 1.82) is 0 Å². The second-order valence-corrected chi connectivity index (χ2v) is 7.26. The monoisotopic (exact) mass is 377 g/mol. The van der Waals surface area contributed by atoms with Crippen LogP contribution in [0.4, 0.5) is 0 Å². The van der Waals surface area contributed by atoms with Gasteiger partial charge in [-0.1, -0.05) is 42.5 Å². The Morgan fingerprint density at radius 2 is 1.86 bits per heavy atom. The lowest BCUT2D eigenvalue weighted by Gasteiger charge is -2.09. The van der Waals surface area contributed by atoms with E-state index in [0.29, 0.717) is 16.9 Å². The van der Waals surface area contributed by atoms with Gasteiger partial charge in [0.15, 0.2) is 11.2 Å². The van der Waals surface area contributed by atoms with E-state index in [4.69, 9.17) is 0 Å². The summed E-state index contributed by atoms with van der Waals surface area (Å²) in [7, 11) is 1.65. The maximum absolute atomic E-state index is 13.2. The molecule has 4 rings (SSSR count). The zero-order valence-electron chi connectivity index (χ0n) is 16.5. The summed E-state index contributed by atoms with van der Waals surface area (Å²) < 4.78 is 6.55. The number of nitrogens with zero attached hydrogens (tertiary/aromatic N) is 5. The number of aromatic nitrogens is 5. The van der Waals surface area contributed by atoms with Crippen molar-refractivity contribution in [3.63, 3.8) is 0 Å². The number of hydrogen-bond acceptors (Lipinski definition) is 3. The van der Waals surface area contributed by atoms with Crippen LogP contribution in [0.3, 0.4) is 0 Å². The number of rotatable bonds is 4. The molecule has 3 aromatic heterocycles. The molecule has 0 aliphatic rings. The first-order chi connectivity index (χ1) is 13.4. The summed E-state index contributed by atoms with van der Waals surface area (Å²) >= 11 is 0. The van der Waals surface area contributed by atoms with E-state index in [9.17, 15) is 9.59 Å². The summed E-state index contributed by atoms with van der Waals surface area (Å²) in [6.45, 7) is 6.33. The minimum Gasteiger partial charge on any atom is -0.312 e. The maximum atomic E-state index is 13.2. The zero-order chi connectivity index (χ0) is 20.0. The van der Waals surface area contributed by atoms with Crippen molar-refractivity contribution in [3.8, 4) is 0 Å². The molecule has 7 nitrogen and oxygen atoms in total. The molecule has 3 heterocycles. The molecule has 0 atom stereocenters. The van der Waals surface area contributed by atoms with Crippen LogP contribution in [-0.2, 0) is 13.6 Å². The number of allylic oxidation sites excluding steroid dienone is 1. The van der Waals surface area contributed by atoms with E-state index >= 15 is 0 Å². The Hall–Kier alpha value is -3.35. The van der Waals surface area contributed by atoms with Gasteiger partial charge in [-0.05, 0) is 26.3 Å². The normalized spacial score (nSPS) is 12.2. The van der Waals surface area contributed by atoms with Crippen LogP contribution >= 0.6 is 0 Å². The predicted molar refractivity (Wildman–Crippen MR) is 111 cm³/mol. The van der Waals surface area contributed by atoms with Crippen LogP contribution in [0.1, 0.15) is 31.1 Å². The summed E-state index contributed by atoms with van der Waals surface area (Å²) in [6.07, 6.45) is 5.63. The van der Waals surface area contributed by atoms with Crippen molar-refractivity contribution in [1.82, 2.24) is 23.1 Å². The van der Waals surface area contributed by atoms with Crippen molar-refractivity contribution in [2.45, 2.75) is 33.4 Å². The SMILES string of the molecule is Cc1cn2c3c(=O)n(C/C=C/c4ccccc4)c(=O)n(C)c3nc2n1C(C)C. The maximum Gasteiger partial charge on any atom is 0.332 e. The summed E-state index contributed by atoms with van der Waals surface area (Å²) in [5.74, 6) is 0.673. The second-order valence-electron chi connectivity index (χ2n) is 7.26. The molecular weight excluding hydrogens is 354 g/mol. The van der Waals surface area contributed by atoms with E-state index in [1.165, 1.54) is 9.13 Å². The number of imidazole rings is 2. The average Bonchev–Trinajstić information content (AvgIpc) is 3.17. The summed E-state index contributed by atoms with van der Waals surface area (Å²) in [5, 5.41) is 0. The van der Waals surface area contributed by atoms with Gasteiger partial charge in [0.2, 0.25) is 5.78 Å². The molecule has 0 amide bonds. The van der Waals surface area contributed by atoms with Gasteiger partial charge in [-0.2, -0.15) is 4.98 Å². The summed E-state index contributed by atoms with van der Waals surface area (Å²) in [4.78, 5) is 30.5. The van der Waals surface area contributed by atoms with Crippen molar-refractivity contribution in [2.24, 2.45) is 7.05 Å². The molecule has 144 valence electrons. The first-order valence-electron chi connectivity index (χ1n) is 9.31. The first-order valence-corrected chi connectivity index (χ1v) is 9.31. The van der Waals surface area contributed by atoms with Crippen LogP contribution in [-0.4, -0.2) is 23.1 Å². The lowest BCUT2D eigenvalue weighted by atomic mass is 10.2. The fourth-order valence-corrected chi connectivity index (χ4v) is 3.68. The van der Waals surface area contributed by atoms with E-state index in [1.54, 1.807) is 11.4 Å². The molecule has 0 unspecified atom stereocenters. The average molecular weight is 377 g/mol. The molecule has 28 heavy (non-hydrogen) atoms. The Morgan fingerprint density at radius 1 is 1.14 bits per heavy atom. The Morgan fingerprint density at radius 3 is 2.54 bits per heavy atom. The van der Waals surface area contributed by atoms with Gasteiger partial charge < -0.3 is 4.57 Å². The molecule has 0 spiro atoms. The van der Waals surface area contributed by atoms with Crippen molar-refractivity contribution < 1.29 is 0 Å². The van der Waals surface area contributed by atoms with Crippen molar-refractivity contribution in [2.75, 3.05) is 0 Å². The van der Waals surface area contributed by atoms with Gasteiger partial charge in [-0.15, -0.1) is 0 Å². The quantitative estimate of drug-likeness (QED) is 0.549. The minimum absolute atomic E-state index is 0.197. The molecule has 0 saturated carbocycles. The number of benzene rings is 1. The summed E-state index contributed by atoms with van der Waals surface area (Å²) in [5.41, 5.74) is 2.16. The Bertz CT molecular complexity index is 1320. The molecule has 1 aromatic carbocycles. The Balaban J connectivity index is 1.90. The third kappa shape index (κ3) is 2.70. The van der Waals surface area contributed by atoms with Crippen LogP contribution in [0, 0.1) is 6.92 Å². The Labute approximate surface area is 161 Å². The molecule has 0 bridgehead atoms. The number of aryl methyl sites for hydroxylation is 2. The van der Waals surface area contributed by atoms with Crippen LogP contribution in [0.5, 0.6) is 0 Å². The highest BCUT2D eigenvalue weighted by molar-refractivity contribution is 5.75. The molecule has 0 saturated heterocycles. The van der Waals surface area contributed by atoms with E-state index < -0.39 is 0 Å². The highest BCUT2D eigenvalue weighted by Gasteiger charge is 2.20. The van der Waals surface area contributed by atoms with E-state index in [1.807, 2.05) is 55.6 Å². The first kappa shape index (κ1) is 18.0. The molecule has 7 heteroatoms. The van der Waals surface area contributed by atoms with Gasteiger partial charge in [0.05, 0.1) is 0 Å². The summed E-state index contributed by atoms with van der Waals surface area (Å²) in [6, 6.07) is 9.98. The van der Waals surface area contributed by atoms with Crippen LogP contribution < -0.4 is 11.2 Å². The molecule has 0 N–H and O–H groups in total. The molecule has 0 aliphatic carbocycles. The van der Waals surface area contributed by atoms with E-state index in [0.717, 1.165) is 11.3 Å². The molecule has 0 fully saturated rings. The van der Waals surface area contributed by atoms with Gasteiger partial charge in [0.1, 0.15) is 0 Å². The molecule has 4 aromatic rings. The second kappa shape index (κ2) is 6.67. The standard InChI is InChI=1S/C21H23N5O2/c1-14(2)26-15(3)13-25-17-18(22-20(25)26)23(4)21(28)24(19(17)27)12-8-11-16-9-6-5-7-10-16/h5-11,13-14H,12H2,1-4H3/b11-8+. The molecule has 0 aliphatic heterocycles. The van der Waals surface area contributed by atoms with Gasteiger partial charge >= 0.3 is 5.69 Å². The lowest BCUT2D eigenvalue weighted by Crippen LogP contribution is -2.39. The van der Waals surface area contributed by atoms with Gasteiger partial charge in [-0.25, -0.2) is 4.79 Å². The van der Waals surface area contributed by atoms with Crippen molar-refractivity contribution >= 4 is 23.0 Å². The molecule has 0 radical (unpaired) electrons. The van der Waals surface area contributed by atoms with Crippen LogP contribution in [0.25, 0.3) is 23.0 Å². The van der Waals surface area contributed by atoms with E-state index in [2.05, 4.69) is 23.4 Å². The number of fused-ring (bicyclic) bond motifs is 3. The van der Waals surface area contributed by atoms with Gasteiger partial charge in [0, 0.05) is 31.5 Å². The Kier molecular flexibility index (Phi) is 4.30. The minimum atomic E-state index is -0.371. The highest BCUT2D eigenvalue weighted by Crippen LogP contribution is 2.20. The van der Waals surface area contributed by atoms with Gasteiger partial charge in [0.25, 0.3) is 5.56 Å². The topological polar surface area (TPSA) is 66.2 Å². The predicted octanol–water partition coefficient (Wildman–Crippen LogP) is 2.75. The van der Waals surface area contributed by atoms with E-state index in [-0.39, 0.29) is 23.8 Å². The fraction of sp³-hybridized carbons (Fsp3) is 0.286. The van der Waals surface area contributed by atoms with Crippen molar-refractivity contribution in [3.05, 3.63) is 74.7 Å². The number of hydrogen-bond donors (Lipinski definition) is 0. The third-order valence-electron chi connectivity index (χ3n) is 4.98. The van der Waals surface area contributed by atoms with Crippen LogP contribution in [0.15, 0.2) is 52.2 Å².